The Morgan fingerprint density at radius 3 is 2.62 bits per heavy atom. The molecule has 2 fully saturated rings. The molecule has 2 aromatic rings. The Labute approximate surface area is 170 Å². The molecule has 152 valence electrons. The van der Waals surface area contributed by atoms with Crippen LogP contribution in [0.25, 0.3) is 0 Å². The van der Waals surface area contributed by atoms with Gasteiger partial charge in [0.2, 0.25) is 11.8 Å². The van der Waals surface area contributed by atoms with Gasteiger partial charge in [-0.05, 0) is 44.6 Å². The third kappa shape index (κ3) is 3.08. The minimum atomic E-state index is -0.454. The highest BCUT2D eigenvalue weighted by molar-refractivity contribution is 6.07. The average Bonchev–Trinajstić information content (AvgIpc) is 3.34. The first kappa shape index (κ1) is 18.5. The molecule has 0 unspecified atom stereocenters. The van der Waals surface area contributed by atoms with E-state index in [1.165, 1.54) is 0 Å². The molecule has 29 heavy (non-hydrogen) atoms. The lowest BCUT2D eigenvalue weighted by atomic mass is 9.81. The molecule has 5 rings (SSSR count). The number of amides is 1. The summed E-state index contributed by atoms with van der Waals surface area (Å²) in [6, 6.07) is 5.80. The zero-order chi connectivity index (χ0) is 19.8. The van der Waals surface area contributed by atoms with Crippen LogP contribution >= 0.6 is 0 Å². The summed E-state index contributed by atoms with van der Waals surface area (Å²) in [7, 11) is 0. The first-order valence-electron chi connectivity index (χ1n) is 10.6. The molecule has 3 heterocycles. The Morgan fingerprint density at radius 2 is 1.93 bits per heavy atom. The van der Waals surface area contributed by atoms with Crippen molar-refractivity contribution >= 4 is 11.7 Å². The first-order valence-corrected chi connectivity index (χ1v) is 10.6. The molecule has 1 spiro atoms. The third-order valence-electron chi connectivity index (χ3n) is 6.72. The fourth-order valence-electron chi connectivity index (χ4n) is 5.26. The van der Waals surface area contributed by atoms with Crippen LogP contribution in [0.15, 0.2) is 30.6 Å². The van der Waals surface area contributed by atoms with Crippen LogP contribution in [-0.4, -0.2) is 38.1 Å². The van der Waals surface area contributed by atoms with Crippen molar-refractivity contribution in [1.82, 2.24) is 15.0 Å². The van der Waals surface area contributed by atoms with Crippen LogP contribution < -0.4 is 9.64 Å². The van der Waals surface area contributed by atoms with Gasteiger partial charge in [-0.15, -0.1) is 0 Å². The topological polar surface area (TPSA) is 88.4 Å². The molecule has 0 atom stereocenters. The molecule has 1 aliphatic heterocycles. The Balaban J connectivity index is 1.37. The van der Waals surface area contributed by atoms with Gasteiger partial charge in [0.25, 0.3) is 0 Å². The number of nitrogens with zero attached hydrogens (tertiary/aromatic N) is 4. The fourth-order valence-corrected chi connectivity index (χ4v) is 5.26. The smallest absolute Gasteiger partial charge is 0.239 e. The van der Waals surface area contributed by atoms with Crippen LogP contribution in [0.2, 0.25) is 0 Å². The van der Waals surface area contributed by atoms with Crippen molar-refractivity contribution in [3.8, 4) is 5.88 Å². The molecule has 7 heteroatoms. The van der Waals surface area contributed by atoms with Gasteiger partial charge < -0.3 is 9.84 Å². The number of carbonyl (C=O) groups is 1. The number of pyridine rings is 1. The van der Waals surface area contributed by atoms with Gasteiger partial charge in [0.15, 0.2) is 5.82 Å². The lowest BCUT2D eigenvalue weighted by Crippen LogP contribution is -2.46. The summed E-state index contributed by atoms with van der Waals surface area (Å²) in [6.07, 6.45) is 11.0. The van der Waals surface area contributed by atoms with Crippen molar-refractivity contribution in [2.75, 3.05) is 4.90 Å². The quantitative estimate of drug-likeness (QED) is 0.858. The minimum Gasteiger partial charge on any atom is -0.474 e. The predicted molar refractivity (Wildman–Crippen MR) is 106 cm³/mol. The maximum Gasteiger partial charge on any atom is 0.239 e. The number of hydrogen-bond acceptors (Lipinski definition) is 6. The standard InChI is InChI=1S/C22H26N4O3/c27-14-18-24-13-17-20(25-18)26(21(28)22(17)10-2-3-11-22)15-6-8-16(9-7-15)29-19-5-1-4-12-23-19/h1,4-5,12-13,15-16,27H,2-3,6-11,14H2. The van der Waals surface area contributed by atoms with Gasteiger partial charge in [0.1, 0.15) is 18.5 Å². The molecular weight excluding hydrogens is 368 g/mol. The average molecular weight is 394 g/mol. The maximum atomic E-state index is 13.6. The van der Waals surface area contributed by atoms with E-state index in [1.54, 1.807) is 12.4 Å². The maximum absolute atomic E-state index is 13.6. The van der Waals surface area contributed by atoms with Crippen LogP contribution in [-0.2, 0) is 16.8 Å². The lowest BCUT2D eigenvalue weighted by Gasteiger charge is -2.35. The van der Waals surface area contributed by atoms with E-state index in [1.807, 2.05) is 23.1 Å². The first-order chi connectivity index (χ1) is 14.2. The van der Waals surface area contributed by atoms with Crippen LogP contribution in [0, 0.1) is 0 Å². The Kier molecular flexibility index (Phi) is 4.70. The zero-order valence-corrected chi connectivity index (χ0v) is 16.5. The predicted octanol–water partition coefficient (Wildman–Crippen LogP) is 2.91. The lowest BCUT2D eigenvalue weighted by molar-refractivity contribution is -0.123. The molecule has 7 nitrogen and oxygen atoms in total. The number of anilines is 1. The summed E-state index contributed by atoms with van der Waals surface area (Å²) >= 11 is 0. The second kappa shape index (κ2) is 7.37. The second-order valence-electron chi connectivity index (χ2n) is 8.36. The van der Waals surface area contributed by atoms with E-state index >= 15 is 0 Å². The van der Waals surface area contributed by atoms with E-state index in [2.05, 4.69) is 15.0 Å². The fraction of sp³-hybridized carbons (Fsp3) is 0.545. The summed E-state index contributed by atoms with van der Waals surface area (Å²) in [5, 5.41) is 9.51. The Bertz CT molecular complexity index is 890. The molecule has 2 aromatic heterocycles. The monoisotopic (exact) mass is 394 g/mol. The number of ether oxygens (including phenoxy) is 1. The van der Waals surface area contributed by atoms with Crippen LogP contribution in [0.4, 0.5) is 5.82 Å². The Hall–Kier alpha value is -2.54. The van der Waals surface area contributed by atoms with Gasteiger partial charge >= 0.3 is 0 Å². The van der Waals surface area contributed by atoms with E-state index in [0.29, 0.717) is 11.7 Å². The number of carbonyl (C=O) groups excluding carboxylic acids is 1. The highest BCUT2D eigenvalue weighted by Crippen LogP contribution is 2.51. The normalized spacial score (nSPS) is 25.4. The van der Waals surface area contributed by atoms with E-state index in [9.17, 15) is 9.90 Å². The number of aliphatic hydroxyl groups is 1. The van der Waals surface area contributed by atoms with Gasteiger partial charge in [-0.1, -0.05) is 18.9 Å². The summed E-state index contributed by atoms with van der Waals surface area (Å²) in [6.45, 7) is -0.215. The number of aromatic nitrogens is 3. The number of aliphatic hydroxyl groups excluding tert-OH is 1. The van der Waals surface area contributed by atoms with Crippen molar-refractivity contribution in [3.63, 3.8) is 0 Å². The van der Waals surface area contributed by atoms with Crippen molar-refractivity contribution < 1.29 is 14.6 Å². The van der Waals surface area contributed by atoms with Gasteiger partial charge in [0, 0.05) is 30.1 Å². The molecule has 0 saturated heterocycles. The highest BCUT2D eigenvalue weighted by atomic mass is 16.5. The summed E-state index contributed by atoms with van der Waals surface area (Å²) in [5.41, 5.74) is 0.508. The summed E-state index contributed by atoms with van der Waals surface area (Å²) in [4.78, 5) is 28.7. The molecular formula is C22H26N4O3. The second-order valence-corrected chi connectivity index (χ2v) is 8.36. The van der Waals surface area contributed by atoms with Crippen molar-refractivity contribution in [2.24, 2.45) is 0 Å². The van der Waals surface area contributed by atoms with Crippen LogP contribution in [0.5, 0.6) is 5.88 Å². The molecule has 2 saturated carbocycles. The van der Waals surface area contributed by atoms with E-state index < -0.39 is 5.41 Å². The van der Waals surface area contributed by atoms with Crippen molar-refractivity contribution in [2.45, 2.75) is 75.5 Å². The minimum absolute atomic E-state index is 0.117. The van der Waals surface area contributed by atoms with E-state index in [4.69, 9.17) is 4.74 Å². The van der Waals surface area contributed by atoms with Gasteiger partial charge in [-0.25, -0.2) is 15.0 Å². The van der Waals surface area contributed by atoms with Gasteiger partial charge in [0.05, 0.1) is 5.41 Å². The van der Waals surface area contributed by atoms with Crippen LogP contribution in [0.3, 0.4) is 0 Å². The van der Waals surface area contributed by atoms with Gasteiger partial charge in [-0.3, -0.25) is 9.69 Å². The van der Waals surface area contributed by atoms with Crippen molar-refractivity contribution in [1.29, 1.82) is 0 Å². The number of hydrogen-bond donors (Lipinski definition) is 1. The molecule has 1 amide bonds. The largest absolute Gasteiger partial charge is 0.474 e. The third-order valence-corrected chi connectivity index (χ3v) is 6.72. The number of rotatable bonds is 4. The number of fused-ring (bicyclic) bond motifs is 2. The van der Waals surface area contributed by atoms with E-state index in [0.717, 1.165) is 62.7 Å². The molecule has 0 aromatic carbocycles. The van der Waals surface area contributed by atoms with Crippen molar-refractivity contribution in [3.05, 3.63) is 42.0 Å². The molecule has 2 aliphatic carbocycles. The summed E-state index contributed by atoms with van der Waals surface area (Å²) in [5.74, 6) is 1.95. The van der Waals surface area contributed by atoms with Gasteiger partial charge in [-0.2, -0.15) is 0 Å². The molecule has 0 radical (unpaired) electrons. The molecule has 1 N–H and O–H groups in total. The summed E-state index contributed by atoms with van der Waals surface area (Å²) < 4.78 is 6.02. The Morgan fingerprint density at radius 1 is 1.14 bits per heavy atom. The molecule has 0 bridgehead atoms. The van der Waals surface area contributed by atoms with Crippen LogP contribution in [0.1, 0.15) is 62.8 Å². The zero-order valence-electron chi connectivity index (χ0n) is 16.5. The highest BCUT2D eigenvalue weighted by Gasteiger charge is 2.55. The SMILES string of the molecule is O=C1N(C2CCC(Oc3ccccn3)CC2)c2nc(CO)ncc2C12CCCC2. The molecule has 3 aliphatic rings. The van der Waals surface area contributed by atoms with E-state index in [-0.39, 0.29) is 24.7 Å².